The van der Waals surface area contributed by atoms with Crippen molar-refractivity contribution in [2.75, 3.05) is 13.1 Å². The summed E-state index contributed by atoms with van der Waals surface area (Å²) in [6.07, 6.45) is 15.9. The largest absolute Gasteiger partial charge is 0.481 e. The maximum atomic E-state index is 14.3. The predicted molar refractivity (Wildman–Crippen MR) is 172 cm³/mol. The SMILES string of the molecule is CC(C)(CC(=O)O[C@H]1CC[C@@]2(C)C(CC[C@]3(C)C2CC[C@@H]2[C@H]4CCC[C@]4(C(=O)N4CCCCC4)CC[C@]23C)C1(C)C)C(=O)O. The molecule has 44 heavy (non-hydrogen) atoms. The number of piperidine rings is 1. The maximum absolute atomic E-state index is 14.3. The molecule has 0 aromatic carbocycles. The fourth-order valence-electron chi connectivity index (χ4n) is 13.2. The van der Waals surface area contributed by atoms with Crippen LogP contribution in [0.5, 0.6) is 0 Å². The van der Waals surface area contributed by atoms with Crippen molar-refractivity contribution >= 4 is 17.8 Å². The van der Waals surface area contributed by atoms with Gasteiger partial charge in [-0.05, 0) is 137 Å². The number of rotatable bonds is 5. The molecule has 9 atom stereocenters. The van der Waals surface area contributed by atoms with Crippen molar-refractivity contribution in [3.05, 3.63) is 0 Å². The van der Waals surface area contributed by atoms with Crippen molar-refractivity contribution in [3.63, 3.8) is 0 Å². The Balaban J connectivity index is 1.23. The summed E-state index contributed by atoms with van der Waals surface area (Å²) in [5, 5.41) is 9.55. The van der Waals surface area contributed by atoms with E-state index in [0.29, 0.717) is 29.6 Å². The topological polar surface area (TPSA) is 83.9 Å². The zero-order valence-corrected chi connectivity index (χ0v) is 28.9. The second-order valence-electron chi connectivity index (χ2n) is 18.4. The van der Waals surface area contributed by atoms with E-state index in [1.54, 1.807) is 13.8 Å². The van der Waals surface area contributed by atoms with Gasteiger partial charge in [-0.2, -0.15) is 0 Å². The number of hydrogen-bond acceptors (Lipinski definition) is 4. The number of esters is 1. The van der Waals surface area contributed by atoms with Gasteiger partial charge in [0, 0.05) is 18.5 Å². The highest BCUT2D eigenvalue weighted by atomic mass is 16.5. The van der Waals surface area contributed by atoms with Gasteiger partial charge >= 0.3 is 11.9 Å². The molecule has 1 N–H and O–H groups in total. The van der Waals surface area contributed by atoms with E-state index < -0.39 is 11.4 Å². The number of carbonyl (C=O) groups is 3. The minimum absolute atomic E-state index is 0.0970. The summed E-state index contributed by atoms with van der Waals surface area (Å²) in [7, 11) is 0. The Morgan fingerprint density at radius 1 is 0.750 bits per heavy atom. The minimum Gasteiger partial charge on any atom is -0.481 e. The Morgan fingerprint density at radius 2 is 1.45 bits per heavy atom. The summed E-state index contributed by atoms with van der Waals surface area (Å²) in [5.41, 5.74) is -0.717. The number of amides is 1. The molecule has 1 heterocycles. The summed E-state index contributed by atoms with van der Waals surface area (Å²) in [4.78, 5) is 41.2. The normalized spacial score (nSPS) is 44.9. The van der Waals surface area contributed by atoms with Crippen LogP contribution in [0.1, 0.15) is 145 Å². The molecule has 6 fully saturated rings. The van der Waals surface area contributed by atoms with Crippen molar-refractivity contribution in [1.82, 2.24) is 4.90 Å². The van der Waals surface area contributed by atoms with Crippen LogP contribution in [0.4, 0.5) is 0 Å². The van der Waals surface area contributed by atoms with Crippen LogP contribution in [-0.4, -0.2) is 47.0 Å². The summed E-state index contributed by atoms with van der Waals surface area (Å²) in [6, 6.07) is 0. The summed E-state index contributed by atoms with van der Waals surface area (Å²) in [5.74, 6) is 1.44. The molecule has 2 unspecified atom stereocenters. The Kier molecular flexibility index (Phi) is 7.89. The van der Waals surface area contributed by atoms with E-state index in [9.17, 15) is 19.5 Å². The molecule has 0 aromatic rings. The molecule has 0 bridgehead atoms. The quantitative estimate of drug-likeness (QED) is 0.316. The van der Waals surface area contributed by atoms with Gasteiger partial charge in [-0.15, -0.1) is 0 Å². The molecule has 5 aliphatic carbocycles. The Labute approximate surface area is 266 Å². The van der Waals surface area contributed by atoms with Gasteiger partial charge in [0.25, 0.3) is 0 Å². The van der Waals surface area contributed by atoms with Gasteiger partial charge < -0.3 is 14.7 Å². The standard InChI is InChI=1S/C38H61NO5/c1-33(2,32(42)43)24-30(40)44-29-16-18-35(5)27(34(29,3)4)15-19-37(7)28(35)14-13-25-26-12-11-17-38(26,21-20-36(25,37)6)31(41)39-22-9-8-10-23-39/h25-29H,8-24H2,1-7H3,(H,42,43)/t25-,26-,27?,28?,29+,35+,36-,37-,38+/m1/s1. The fourth-order valence-corrected chi connectivity index (χ4v) is 13.2. The van der Waals surface area contributed by atoms with E-state index in [-0.39, 0.29) is 45.6 Å². The Hall–Kier alpha value is -1.59. The van der Waals surface area contributed by atoms with Crippen LogP contribution in [0.3, 0.4) is 0 Å². The molecule has 1 amide bonds. The second kappa shape index (κ2) is 10.7. The first kappa shape index (κ1) is 32.4. The number of likely N-dealkylation sites (tertiary alicyclic amines) is 1. The lowest BCUT2D eigenvalue weighted by atomic mass is 9.32. The van der Waals surface area contributed by atoms with Crippen molar-refractivity contribution in [3.8, 4) is 0 Å². The van der Waals surface area contributed by atoms with E-state index >= 15 is 0 Å². The van der Waals surface area contributed by atoms with Crippen LogP contribution in [0, 0.1) is 56.2 Å². The van der Waals surface area contributed by atoms with E-state index in [1.807, 2.05) is 0 Å². The Morgan fingerprint density at radius 3 is 2.14 bits per heavy atom. The highest BCUT2D eigenvalue weighted by Gasteiger charge is 2.71. The number of carboxylic acid groups (broad SMARTS) is 1. The third-order valence-corrected chi connectivity index (χ3v) is 15.8. The van der Waals surface area contributed by atoms with Crippen LogP contribution in [0.15, 0.2) is 0 Å². The number of ether oxygens (including phenoxy) is 1. The predicted octanol–water partition coefficient (Wildman–Crippen LogP) is 8.27. The van der Waals surface area contributed by atoms with Gasteiger partial charge in [0.1, 0.15) is 6.10 Å². The van der Waals surface area contributed by atoms with Crippen molar-refractivity contribution < 1.29 is 24.2 Å². The summed E-state index contributed by atoms with van der Waals surface area (Å²) in [6.45, 7) is 17.6. The fraction of sp³-hybridized carbons (Fsp3) is 0.921. The Bertz CT molecular complexity index is 1170. The van der Waals surface area contributed by atoms with Gasteiger partial charge in [0.15, 0.2) is 0 Å². The summed E-state index contributed by atoms with van der Waals surface area (Å²) >= 11 is 0. The third-order valence-electron chi connectivity index (χ3n) is 15.8. The minimum atomic E-state index is -1.12. The highest BCUT2D eigenvalue weighted by molar-refractivity contribution is 5.84. The average molecular weight is 612 g/mol. The highest BCUT2D eigenvalue weighted by Crippen LogP contribution is 2.77. The van der Waals surface area contributed by atoms with Crippen molar-refractivity contribution in [2.24, 2.45) is 56.2 Å². The van der Waals surface area contributed by atoms with Crippen molar-refractivity contribution in [2.45, 2.75) is 151 Å². The first-order valence-electron chi connectivity index (χ1n) is 18.3. The monoisotopic (exact) mass is 611 g/mol. The molecule has 6 rings (SSSR count). The number of aliphatic carboxylic acids is 1. The molecule has 248 valence electrons. The van der Waals surface area contributed by atoms with Gasteiger partial charge in [0.2, 0.25) is 5.91 Å². The third kappa shape index (κ3) is 4.55. The summed E-state index contributed by atoms with van der Waals surface area (Å²) < 4.78 is 6.15. The van der Waals surface area contributed by atoms with Gasteiger partial charge in [0.05, 0.1) is 17.3 Å². The number of carboxylic acids is 1. The van der Waals surface area contributed by atoms with Gasteiger partial charge in [-0.25, -0.2) is 0 Å². The molecule has 0 radical (unpaired) electrons. The molecular formula is C38H61NO5. The molecule has 6 aliphatic rings. The lowest BCUT2D eigenvalue weighted by Gasteiger charge is -2.72. The average Bonchev–Trinajstić information content (AvgIpc) is 3.40. The first-order chi connectivity index (χ1) is 20.5. The molecule has 6 nitrogen and oxygen atoms in total. The molecule has 0 aromatic heterocycles. The number of nitrogens with zero attached hydrogens (tertiary/aromatic N) is 1. The van der Waals surface area contributed by atoms with Crippen LogP contribution < -0.4 is 0 Å². The smallest absolute Gasteiger partial charge is 0.309 e. The number of hydrogen-bond donors (Lipinski definition) is 1. The van der Waals surface area contributed by atoms with E-state index in [4.69, 9.17) is 4.74 Å². The van der Waals surface area contributed by atoms with Gasteiger partial charge in [-0.1, -0.05) is 41.0 Å². The van der Waals surface area contributed by atoms with Crippen molar-refractivity contribution in [1.29, 1.82) is 0 Å². The van der Waals surface area contributed by atoms with E-state index in [1.165, 1.54) is 57.8 Å². The number of fused-ring (bicyclic) bond motifs is 7. The van der Waals surface area contributed by atoms with Crippen LogP contribution in [0.2, 0.25) is 0 Å². The molecular weight excluding hydrogens is 550 g/mol. The lowest BCUT2D eigenvalue weighted by Crippen LogP contribution is -2.67. The molecule has 1 aliphatic heterocycles. The maximum Gasteiger partial charge on any atom is 0.309 e. The van der Waals surface area contributed by atoms with Crippen LogP contribution in [0.25, 0.3) is 0 Å². The molecule has 5 saturated carbocycles. The lowest BCUT2D eigenvalue weighted by molar-refractivity contribution is -0.248. The molecule has 1 saturated heterocycles. The van der Waals surface area contributed by atoms with E-state index in [2.05, 4.69) is 39.5 Å². The van der Waals surface area contributed by atoms with Crippen LogP contribution in [-0.2, 0) is 19.1 Å². The first-order valence-corrected chi connectivity index (χ1v) is 18.3. The zero-order valence-electron chi connectivity index (χ0n) is 28.9. The second-order valence-corrected chi connectivity index (χ2v) is 18.4. The molecule has 0 spiro atoms. The van der Waals surface area contributed by atoms with Gasteiger partial charge in [-0.3, -0.25) is 14.4 Å². The van der Waals surface area contributed by atoms with E-state index in [0.717, 1.165) is 45.2 Å². The van der Waals surface area contributed by atoms with Crippen LogP contribution >= 0.6 is 0 Å². The number of carbonyl (C=O) groups excluding carboxylic acids is 2. The zero-order chi connectivity index (χ0) is 31.9. The molecule has 6 heteroatoms.